The van der Waals surface area contributed by atoms with Gasteiger partial charge in [0.2, 0.25) is 0 Å². The molecule has 118 valence electrons. The van der Waals surface area contributed by atoms with E-state index in [-0.39, 0.29) is 11.8 Å². The fourth-order valence-electron chi connectivity index (χ4n) is 3.24. The number of hydrogen-bond acceptors (Lipinski definition) is 5. The molecule has 0 amide bonds. The third kappa shape index (κ3) is 3.18. The standard InChI is InChI=1S/C17H23N3O2/c1-22-16-10-13(11-18)8-14(17(16)21)15(9-12-2-3-12)20-6-4-19-5-7-20/h8,10,12,15,19,21H,2-7,9H2,1H3/t15-/m0/s1. The molecular weight excluding hydrogens is 278 g/mol. The highest BCUT2D eigenvalue weighted by Gasteiger charge is 2.32. The summed E-state index contributed by atoms with van der Waals surface area (Å²) in [5, 5.41) is 23.2. The molecule has 2 fully saturated rings. The zero-order valence-corrected chi connectivity index (χ0v) is 13.0. The first-order valence-corrected chi connectivity index (χ1v) is 7.98. The van der Waals surface area contributed by atoms with Gasteiger partial charge in [-0.15, -0.1) is 0 Å². The Morgan fingerprint density at radius 3 is 2.73 bits per heavy atom. The Morgan fingerprint density at radius 1 is 1.41 bits per heavy atom. The minimum atomic E-state index is 0.164. The zero-order valence-electron chi connectivity index (χ0n) is 13.0. The van der Waals surface area contributed by atoms with Gasteiger partial charge in [-0.05, 0) is 18.4 Å². The molecule has 0 radical (unpaired) electrons. The first kappa shape index (κ1) is 15.1. The second-order valence-corrected chi connectivity index (χ2v) is 6.21. The van der Waals surface area contributed by atoms with Gasteiger partial charge < -0.3 is 15.2 Å². The maximum absolute atomic E-state index is 10.6. The van der Waals surface area contributed by atoms with Crippen LogP contribution in [-0.4, -0.2) is 43.3 Å². The lowest BCUT2D eigenvalue weighted by Gasteiger charge is -2.36. The average molecular weight is 301 g/mol. The molecule has 1 aromatic carbocycles. The molecule has 0 aromatic heterocycles. The van der Waals surface area contributed by atoms with Crippen molar-refractivity contribution in [3.05, 3.63) is 23.3 Å². The minimum absolute atomic E-state index is 0.164. The Labute approximate surface area is 131 Å². The fourth-order valence-corrected chi connectivity index (χ4v) is 3.24. The average Bonchev–Trinajstić information content (AvgIpc) is 3.38. The highest BCUT2D eigenvalue weighted by molar-refractivity contribution is 5.53. The first-order chi connectivity index (χ1) is 10.7. The van der Waals surface area contributed by atoms with Crippen LogP contribution < -0.4 is 10.1 Å². The third-order valence-corrected chi connectivity index (χ3v) is 4.66. The normalized spacial score (nSPS) is 20.4. The van der Waals surface area contributed by atoms with Gasteiger partial charge in [-0.3, -0.25) is 4.90 Å². The van der Waals surface area contributed by atoms with Crippen LogP contribution in [0.3, 0.4) is 0 Å². The molecule has 2 aliphatic rings. The lowest BCUT2D eigenvalue weighted by molar-refractivity contribution is 0.157. The molecule has 1 saturated carbocycles. The van der Waals surface area contributed by atoms with Gasteiger partial charge in [0.1, 0.15) is 0 Å². The van der Waals surface area contributed by atoms with Crippen LogP contribution in [0.5, 0.6) is 11.5 Å². The lowest BCUT2D eigenvalue weighted by Crippen LogP contribution is -2.45. The van der Waals surface area contributed by atoms with Crippen molar-refractivity contribution in [2.75, 3.05) is 33.3 Å². The van der Waals surface area contributed by atoms with Gasteiger partial charge in [-0.25, -0.2) is 0 Å². The number of benzene rings is 1. The van der Waals surface area contributed by atoms with Crippen molar-refractivity contribution < 1.29 is 9.84 Å². The summed E-state index contributed by atoms with van der Waals surface area (Å²) in [5.74, 6) is 1.33. The van der Waals surface area contributed by atoms with Crippen molar-refractivity contribution in [3.63, 3.8) is 0 Å². The van der Waals surface area contributed by atoms with Gasteiger partial charge in [0.25, 0.3) is 0 Å². The van der Waals surface area contributed by atoms with E-state index < -0.39 is 0 Å². The monoisotopic (exact) mass is 301 g/mol. The number of piperazine rings is 1. The van der Waals surface area contributed by atoms with Crippen molar-refractivity contribution >= 4 is 0 Å². The molecule has 1 aliphatic carbocycles. The topological polar surface area (TPSA) is 68.5 Å². The molecule has 1 aliphatic heterocycles. The molecule has 2 N–H and O–H groups in total. The third-order valence-electron chi connectivity index (χ3n) is 4.66. The summed E-state index contributed by atoms with van der Waals surface area (Å²) in [6, 6.07) is 5.77. The molecule has 0 unspecified atom stereocenters. The van der Waals surface area contributed by atoms with Crippen LogP contribution in [0.15, 0.2) is 12.1 Å². The fraction of sp³-hybridized carbons (Fsp3) is 0.588. The van der Waals surface area contributed by atoms with E-state index in [2.05, 4.69) is 16.3 Å². The van der Waals surface area contributed by atoms with Crippen LogP contribution >= 0.6 is 0 Å². The molecule has 5 heteroatoms. The van der Waals surface area contributed by atoms with E-state index in [0.717, 1.165) is 44.1 Å². The van der Waals surface area contributed by atoms with E-state index >= 15 is 0 Å². The van der Waals surface area contributed by atoms with E-state index in [9.17, 15) is 10.4 Å². The van der Waals surface area contributed by atoms with E-state index in [4.69, 9.17) is 4.74 Å². The lowest BCUT2D eigenvalue weighted by atomic mass is 9.95. The molecular formula is C17H23N3O2. The highest BCUT2D eigenvalue weighted by atomic mass is 16.5. The van der Waals surface area contributed by atoms with Gasteiger partial charge in [0, 0.05) is 43.9 Å². The molecule has 1 saturated heterocycles. The van der Waals surface area contributed by atoms with Crippen molar-refractivity contribution in [2.45, 2.75) is 25.3 Å². The Kier molecular flexibility index (Phi) is 4.51. The quantitative estimate of drug-likeness (QED) is 0.871. The van der Waals surface area contributed by atoms with Crippen LogP contribution in [0.1, 0.15) is 36.4 Å². The second-order valence-electron chi connectivity index (χ2n) is 6.21. The zero-order chi connectivity index (χ0) is 15.5. The van der Waals surface area contributed by atoms with E-state index in [1.54, 1.807) is 6.07 Å². The summed E-state index contributed by atoms with van der Waals surface area (Å²) in [5.41, 5.74) is 1.38. The number of phenols is 1. The first-order valence-electron chi connectivity index (χ1n) is 7.98. The Hall–Kier alpha value is -1.77. The van der Waals surface area contributed by atoms with Crippen molar-refractivity contribution in [3.8, 4) is 17.6 Å². The van der Waals surface area contributed by atoms with Crippen LogP contribution in [0.4, 0.5) is 0 Å². The summed E-state index contributed by atoms with van der Waals surface area (Å²) in [7, 11) is 1.53. The van der Waals surface area contributed by atoms with E-state index in [1.807, 2.05) is 6.07 Å². The largest absolute Gasteiger partial charge is 0.504 e. The number of ether oxygens (including phenoxy) is 1. The molecule has 22 heavy (non-hydrogen) atoms. The van der Waals surface area contributed by atoms with E-state index in [0.29, 0.717) is 11.3 Å². The number of methoxy groups -OCH3 is 1. The van der Waals surface area contributed by atoms with Gasteiger partial charge in [-0.1, -0.05) is 12.8 Å². The van der Waals surface area contributed by atoms with Crippen LogP contribution in [0.25, 0.3) is 0 Å². The molecule has 1 heterocycles. The second kappa shape index (κ2) is 6.55. The summed E-state index contributed by atoms with van der Waals surface area (Å²) in [6.45, 7) is 3.87. The predicted molar refractivity (Wildman–Crippen MR) is 83.9 cm³/mol. The molecule has 3 rings (SSSR count). The number of hydrogen-bond donors (Lipinski definition) is 2. The maximum atomic E-state index is 10.6. The van der Waals surface area contributed by atoms with Crippen molar-refractivity contribution in [1.29, 1.82) is 5.26 Å². The van der Waals surface area contributed by atoms with E-state index in [1.165, 1.54) is 20.0 Å². The number of aromatic hydroxyl groups is 1. The Morgan fingerprint density at radius 2 is 2.14 bits per heavy atom. The van der Waals surface area contributed by atoms with Gasteiger partial charge in [-0.2, -0.15) is 5.26 Å². The summed E-state index contributed by atoms with van der Waals surface area (Å²) < 4.78 is 5.25. The molecule has 0 bridgehead atoms. The summed E-state index contributed by atoms with van der Waals surface area (Å²) in [6.07, 6.45) is 3.60. The number of rotatable bonds is 5. The Bertz CT molecular complexity index is 572. The minimum Gasteiger partial charge on any atom is -0.504 e. The summed E-state index contributed by atoms with van der Waals surface area (Å²) >= 11 is 0. The van der Waals surface area contributed by atoms with Gasteiger partial charge in [0.05, 0.1) is 18.7 Å². The number of nitriles is 1. The van der Waals surface area contributed by atoms with Gasteiger partial charge in [0.15, 0.2) is 11.5 Å². The number of nitrogens with zero attached hydrogens (tertiary/aromatic N) is 2. The van der Waals surface area contributed by atoms with Crippen LogP contribution in [-0.2, 0) is 0 Å². The highest BCUT2D eigenvalue weighted by Crippen LogP contribution is 2.44. The predicted octanol–water partition coefficient (Wildman–Crippen LogP) is 2.02. The molecule has 1 aromatic rings. The maximum Gasteiger partial charge on any atom is 0.162 e. The van der Waals surface area contributed by atoms with Gasteiger partial charge >= 0.3 is 0 Å². The molecule has 5 nitrogen and oxygen atoms in total. The van der Waals surface area contributed by atoms with Crippen LogP contribution in [0, 0.1) is 17.2 Å². The molecule has 1 atom stereocenters. The number of phenolic OH excluding ortho intramolecular Hbond substituents is 1. The van der Waals surface area contributed by atoms with Crippen LogP contribution in [0.2, 0.25) is 0 Å². The van der Waals surface area contributed by atoms with Crippen molar-refractivity contribution in [1.82, 2.24) is 10.2 Å². The molecule has 0 spiro atoms. The Balaban J connectivity index is 1.96. The summed E-state index contributed by atoms with van der Waals surface area (Å²) in [4.78, 5) is 2.42. The SMILES string of the molecule is COc1cc(C#N)cc([C@H](CC2CC2)N2CCNCC2)c1O. The van der Waals surface area contributed by atoms with Crippen molar-refractivity contribution in [2.24, 2.45) is 5.92 Å². The smallest absolute Gasteiger partial charge is 0.162 e. The number of nitrogens with one attached hydrogen (secondary N) is 1.